The van der Waals surface area contributed by atoms with Crippen LogP contribution in [-0.4, -0.2) is 11.7 Å². The maximum Gasteiger partial charge on any atom is 0.416 e. The second-order valence-corrected chi connectivity index (χ2v) is 8.10. The van der Waals surface area contributed by atoms with E-state index in [1.807, 2.05) is 6.07 Å². The van der Waals surface area contributed by atoms with Crippen LogP contribution in [0.25, 0.3) is 0 Å². The fraction of sp³-hybridized carbons (Fsp3) is 0.208. The average Bonchev–Trinajstić information content (AvgIpc) is 3.06. The number of hydrogen-bond acceptors (Lipinski definition) is 5. The number of nitrogens with two attached hydrogens (primary N) is 1. The number of allylic oxidation sites excluding steroid dienone is 1. The number of Topliss-reactive ketones (excluding diaryl/α,β-unsaturated/α-hetero) is 1. The molecule has 2 aromatic carbocycles. The van der Waals surface area contributed by atoms with Crippen LogP contribution in [0.5, 0.6) is 0 Å². The Kier molecular flexibility index (Phi) is 4.40. The minimum absolute atomic E-state index is 0.0683. The number of amides is 1. The van der Waals surface area contributed by atoms with Crippen LogP contribution in [0.4, 0.5) is 24.5 Å². The van der Waals surface area contributed by atoms with Crippen molar-refractivity contribution in [3.8, 4) is 6.07 Å². The van der Waals surface area contributed by atoms with Crippen molar-refractivity contribution in [2.24, 2.45) is 5.73 Å². The number of halogens is 3. The Hall–Kier alpha value is -4.06. The molecule has 0 fully saturated rings. The zero-order valence-electron chi connectivity index (χ0n) is 17.2. The van der Waals surface area contributed by atoms with Crippen LogP contribution in [0.15, 0.2) is 71.2 Å². The normalized spacial score (nSPS) is 22.3. The number of carbonyl (C=O) groups is 2. The Morgan fingerprint density at radius 3 is 2.58 bits per heavy atom. The first kappa shape index (κ1) is 20.8. The van der Waals surface area contributed by atoms with E-state index >= 15 is 0 Å². The highest BCUT2D eigenvalue weighted by atomic mass is 19.4. The van der Waals surface area contributed by atoms with Gasteiger partial charge in [-0.15, -0.1) is 0 Å². The van der Waals surface area contributed by atoms with Crippen molar-refractivity contribution >= 4 is 23.1 Å². The molecule has 5 rings (SSSR count). The average molecular weight is 450 g/mol. The van der Waals surface area contributed by atoms with Crippen LogP contribution in [0, 0.1) is 11.3 Å². The number of anilines is 2. The highest BCUT2D eigenvalue weighted by Crippen LogP contribution is 2.55. The summed E-state index contributed by atoms with van der Waals surface area (Å²) in [5, 5.41) is 12.9. The number of rotatable bonds is 1. The molecule has 0 saturated heterocycles. The first-order valence-corrected chi connectivity index (χ1v) is 10.3. The smallest absolute Gasteiger partial charge is 0.384 e. The molecule has 2 aliphatic heterocycles. The number of para-hydroxylation sites is 1. The predicted octanol–water partition coefficient (Wildman–Crippen LogP) is 4.12. The summed E-state index contributed by atoms with van der Waals surface area (Å²) in [6.07, 6.45) is -3.67. The summed E-state index contributed by atoms with van der Waals surface area (Å²) < 4.78 is 40.2. The summed E-state index contributed by atoms with van der Waals surface area (Å²) >= 11 is 0. The summed E-state index contributed by atoms with van der Waals surface area (Å²) in [5.74, 6) is -1.08. The number of fused-ring (bicyclic) bond motifs is 3. The molecule has 0 aromatic heterocycles. The van der Waals surface area contributed by atoms with Crippen molar-refractivity contribution in [2.45, 2.75) is 30.9 Å². The minimum Gasteiger partial charge on any atom is -0.384 e. The Bertz CT molecular complexity index is 1340. The van der Waals surface area contributed by atoms with Gasteiger partial charge in [0.15, 0.2) is 5.78 Å². The summed E-state index contributed by atoms with van der Waals surface area (Å²) in [7, 11) is 0. The van der Waals surface area contributed by atoms with E-state index < -0.39 is 23.1 Å². The molecule has 1 spiro atoms. The van der Waals surface area contributed by atoms with Crippen LogP contribution in [0.1, 0.15) is 30.4 Å². The number of nitriles is 1. The van der Waals surface area contributed by atoms with Gasteiger partial charge in [-0.2, -0.15) is 18.4 Å². The third-order valence-electron chi connectivity index (χ3n) is 6.37. The Balaban J connectivity index is 1.84. The van der Waals surface area contributed by atoms with E-state index in [1.54, 1.807) is 24.3 Å². The molecule has 1 amide bonds. The summed E-state index contributed by atoms with van der Waals surface area (Å²) in [6, 6.07) is 13.3. The van der Waals surface area contributed by atoms with E-state index in [0.717, 1.165) is 12.1 Å². The molecular formula is C24H17F3N4O2. The first-order valence-electron chi connectivity index (χ1n) is 10.3. The van der Waals surface area contributed by atoms with Gasteiger partial charge >= 0.3 is 6.18 Å². The molecule has 33 heavy (non-hydrogen) atoms. The van der Waals surface area contributed by atoms with E-state index in [2.05, 4.69) is 5.32 Å². The molecule has 2 aromatic rings. The van der Waals surface area contributed by atoms with Crippen LogP contribution >= 0.6 is 0 Å². The highest BCUT2D eigenvalue weighted by molar-refractivity contribution is 6.19. The molecule has 3 N–H and O–H groups in total. The Morgan fingerprint density at radius 1 is 1.09 bits per heavy atom. The summed E-state index contributed by atoms with van der Waals surface area (Å²) in [6.45, 7) is 0. The molecule has 6 nitrogen and oxygen atoms in total. The van der Waals surface area contributed by atoms with Crippen molar-refractivity contribution in [1.29, 1.82) is 5.26 Å². The number of nitrogens with one attached hydrogen (secondary N) is 1. The third kappa shape index (κ3) is 2.73. The third-order valence-corrected chi connectivity index (χ3v) is 6.37. The van der Waals surface area contributed by atoms with Gasteiger partial charge in [-0.25, -0.2) is 0 Å². The van der Waals surface area contributed by atoms with E-state index in [9.17, 15) is 28.0 Å². The predicted molar refractivity (Wildman–Crippen MR) is 113 cm³/mol. The second-order valence-electron chi connectivity index (χ2n) is 8.10. The van der Waals surface area contributed by atoms with Crippen molar-refractivity contribution in [2.75, 3.05) is 10.2 Å². The summed E-state index contributed by atoms with van der Waals surface area (Å²) in [4.78, 5) is 28.1. The first-order chi connectivity index (χ1) is 15.7. The maximum absolute atomic E-state index is 13.4. The lowest BCUT2D eigenvalue weighted by Crippen LogP contribution is -2.50. The van der Waals surface area contributed by atoms with Crippen LogP contribution < -0.4 is 16.0 Å². The number of alkyl halides is 3. The second kappa shape index (κ2) is 6.97. The van der Waals surface area contributed by atoms with Gasteiger partial charge in [0.25, 0.3) is 0 Å². The van der Waals surface area contributed by atoms with Gasteiger partial charge in [0.05, 0.1) is 11.1 Å². The van der Waals surface area contributed by atoms with E-state index in [1.165, 1.54) is 17.0 Å². The van der Waals surface area contributed by atoms with Crippen LogP contribution in [-0.2, 0) is 21.2 Å². The van der Waals surface area contributed by atoms with E-state index in [4.69, 9.17) is 5.73 Å². The Morgan fingerprint density at radius 2 is 1.85 bits per heavy atom. The van der Waals surface area contributed by atoms with Crippen molar-refractivity contribution < 1.29 is 22.8 Å². The monoisotopic (exact) mass is 450 g/mol. The molecule has 0 bridgehead atoms. The zero-order valence-corrected chi connectivity index (χ0v) is 17.2. The van der Waals surface area contributed by atoms with Gasteiger partial charge in [0.2, 0.25) is 5.91 Å². The molecule has 2 heterocycles. The number of benzene rings is 2. The molecule has 3 aliphatic rings. The summed E-state index contributed by atoms with van der Waals surface area (Å²) in [5.41, 5.74) is 5.02. The lowest BCUT2D eigenvalue weighted by Gasteiger charge is -2.43. The minimum atomic E-state index is -4.59. The van der Waals surface area contributed by atoms with Gasteiger partial charge in [0.1, 0.15) is 17.3 Å². The van der Waals surface area contributed by atoms with Crippen LogP contribution in [0.2, 0.25) is 0 Å². The van der Waals surface area contributed by atoms with Gasteiger partial charge < -0.3 is 11.1 Å². The molecule has 1 atom stereocenters. The molecule has 0 radical (unpaired) electrons. The van der Waals surface area contributed by atoms with Gasteiger partial charge in [-0.3, -0.25) is 14.5 Å². The fourth-order valence-corrected chi connectivity index (χ4v) is 5.06. The maximum atomic E-state index is 13.4. The highest BCUT2D eigenvalue weighted by Gasteiger charge is 2.60. The molecule has 166 valence electrons. The molecule has 9 heteroatoms. The van der Waals surface area contributed by atoms with Crippen molar-refractivity contribution in [3.63, 3.8) is 0 Å². The zero-order chi connectivity index (χ0) is 23.5. The largest absolute Gasteiger partial charge is 0.416 e. The number of nitrogens with zero attached hydrogens (tertiary/aromatic N) is 2. The fourth-order valence-electron chi connectivity index (χ4n) is 5.06. The molecule has 0 unspecified atom stereocenters. The lowest BCUT2D eigenvalue weighted by atomic mass is 9.64. The van der Waals surface area contributed by atoms with Gasteiger partial charge in [-0.05, 0) is 37.1 Å². The van der Waals surface area contributed by atoms with Gasteiger partial charge in [-0.1, -0.05) is 24.3 Å². The molecule has 0 saturated carbocycles. The topological polar surface area (TPSA) is 99.2 Å². The number of hydrogen-bond donors (Lipinski definition) is 2. The standard InChI is InChI=1S/C24H17F3N4O2/c25-24(26,27)13-5-3-6-14(11-13)31-18-9-4-10-19(32)20(18)23(16(12-28)21(31)29)15-7-1-2-8-17(15)30-22(23)33/h1-3,5-8,11H,4,9-10,29H2,(H,30,33)/t23-/m1/s1. The Labute approximate surface area is 186 Å². The molecular weight excluding hydrogens is 433 g/mol. The van der Waals surface area contributed by atoms with Crippen molar-refractivity contribution in [3.05, 3.63) is 82.3 Å². The van der Waals surface area contributed by atoms with Crippen LogP contribution in [0.3, 0.4) is 0 Å². The SMILES string of the molecule is N#CC1=C(N)N(c2cccc(C(F)(F)F)c2)C2=C(C(=O)CCC2)[C@]12C(=O)Nc1ccccc12. The van der Waals surface area contributed by atoms with E-state index in [0.29, 0.717) is 29.8 Å². The number of ketones is 1. The number of carbonyl (C=O) groups excluding carboxylic acids is 2. The van der Waals surface area contributed by atoms with Gasteiger partial charge in [0, 0.05) is 34.6 Å². The quantitative estimate of drug-likeness (QED) is 0.681. The lowest BCUT2D eigenvalue weighted by molar-refractivity contribution is -0.137. The van der Waals surface area contributed by atoms with E-state index in [-0.39, 0.29) is 34.9 Å². The van der Waals surface area contributed by atoms with Crippen molar-refractivity contribution in [1.82, 2.24) is 0 Å². The molecule has 1 aliphatic carbocycles.